The summed E-state index contributed by atoms with van der Waals surface area (Å²) >= 11 is 0. The minimum atomic E-state index is 0.111. The molecule has 0 amide bonds. The van der Waals surface area contributed by atoms with Crippen LogP contribution in [0, 0.1) is 11.8 Å². The van der Waals surface area contributed by atoms with Gasteiger partial charge in [0.15, 0.2) is 0 Å². The third kappa shape index (κ3) is 1.19. The summed E-state index contributed by atoms with van der Waals surface area (Å²) in [5.41, 5.74) is 0. The molecule has 0 bridgehead atoms. The highest BCUT2D eigenvalue weighted by Crippen LogP contribution is 2.36. The number of ketones is 2. The second-order valence-electron chi connectivity index (χ2n) is 3.93. The van der Waals surface area contributed by atoms with Crippen molar-refractivity contribution in [2.75, 3.05) is 0 Å². The first-order valence-electron chi connectivity index (χ1n) is 4.84. The Labute approximate surface area is 72.3 Å². The number of carbonyl (C=O) groups excluding carboxylic acids is 2. The van der Waals surface area contributed by atoms with E-state index in [1.165, 1.54) is 0 Å². The average molecular weight is 166 g/mol. The second kappa shape index (κ2) is 3.00. The highest BCUT2D eigenvalue weighted by molar-refractivity contribution is 5.93. The second-order valence-corrected chi connectivity index (χ2v) is 3.93. The highest BCUT2D eigenvalue weighted by Gasteiger charge is 2.39. The summed E-state index contributed by atoms with van der Waals surface area (Å²) < 4.78 is 0. The lowest BCUT2D eigenvalue weighted by atomic mass is 9.69. The maximum atomic E-state index is 11.4. The number of carbonyl (C=O) groups is 2. The van der Waals surface area contributed by atoms with Crippen molar-refractivity contribution in [3.05, 3.63) is 0 Å². The van der Waals surface area contributed by atoms with Gasteiger partial charge in [-0.15, -0.1) is 0 Å². The van der Waals surface area contributed by atoms with E-state index in [0.717, 1.165) is 25.7 Å². The van der Waals surface area contributed by atoms with E-state index in [0.29, 0.717) is 24.4 Å². The van der Waals surface area contributed by atoms with Crippen molar-refractivity contribution in [3.8, 4) is 0 Å². The molecule has 0 spiro atoms. The molecule has 0 aromatic heterocycles. The molecular weight excluding hydrogens is 152 g/mol. The van der Waals surface area contributed by atoms with Crippen LogP contribution in [-0.2, 0) is 9.59 Å². The van der Waals surface area contributed by atoms with Gasteiger partial charge in [0.05, 0.1) is 0 Å². The Morgan fingerprint density at radius 3 is 2.00 bits per heavy atom. The van der Waals surface area contributed by atoms with E-state index in [-0.39, 0.29) is 11.8 Å². The Morgan fingerprint density at radius 2 is 1.50 bits per heavy atom. The minimum absolute atomic E-state index is 0.111. The van der Waals surface area contributed by atoms with E-state index >= 15 is 0 Å². The van der Waals surface area contributed by atoms with Crippen LogP contribution < -0.4 is 0 Å². The zero-order valence-electron chi connectivity index (χ0n) is 7.21. The van der Waals surface area contributed by atoms with Crippen LogP contribution in [0.3, 0.4) is 0 Å². The molecule has 0 aromatic carbocycles. The minimum Gasteiger partial charge on any atom is -0.299 e. The largest absolute Gasteiger partial charge is 0.299 e. The fourth-order valence-corrected chi connectivity index (χ4v) is 2.29. The van der Waals surface area contributed by atoms with Crippen LogP contribution in [-0.4, -0.2) is 11.6 Å². The van der Waals surface area contributed by atoms with Gasteiger partial charge in [0, 0.05) is 24.7 Å². The lowest BCUT2D eigenvalue weighted by molar-refractivity contribution is -0.139. The Kier molecular flexibility index (Phi) is 1.99. The van der Waals surface area contributed by atoms with Crippen LogP contribution in [0.2, 0.25) is 0 Å². The van der Waals surface area contributed by atoms with E-state index in [4.69, 9.17) is 0 Å². The van der Waals surface area contributed by atoms with Gasteiger partial charge in [-0.2, -0.15) is 0 Å². The monoisotopic (exact) mass is 166 g/mol. The van der Waals surface area contributed by atoms with Crippen molar-refractivity contribution in [2.24, 2.45) is 11.8 Å². The van der Waals surface area contributed by atoms with Crippen LogP contribution in [0.1, 0.15) is 38.5 Å². The number of Topliss-reactive ketones (excluding diaryl/α,β-unsaturated/α-hetero) is 2. The maximum absolute atomic E-state index is 11.4. The van der Waals surface area contributed by atoms with Crippen LogP contribution in [0.5, 0.6) is 0 Å². The summed E-state index contributed by atoms with van der Waals surface area (Å²) in [6.45, 7) is 0. The molecule has 0 aliphatic heterocycles. The van der Waals surface area contributed by atoms with Gasteiger partial charge in [-0.05, 0) is 19.3 Å². The van der Waals surface area contributed by atoms with Crippen molar-refractivity contribution < 1.29 is 9.59 Å². The predicted molar refractivity (Wildman–Crippen MR) is 44.7 cm³/mol. The fraction of sp³-hybridized carbons (Fsp3) is 0.800. The summed E-state index contributed by atoms with van der Waals surface area (Å²) in [6, 6.07) is 0. The lowest BCUT2D eigenvalue weighted by Gasteiger charge is -2.33. The Bertz CT molecular complexity index is 220. The quantitative estimate of drug-likeness (QED) is 0.594. The third-order valence-electron chi connectivity index (χ3n) is 3.20. The Morgan fingerprint density at radius 1 is 0.833 bits per heavy atom. The van der Waals surface area contributed by atoms with Gasteiger partial charge in [-0.3, -0.25) is 9.59 Å². The van der Waals surface area contributed by atoms with Crippen molar-refractivity contribution in [1.82, 2.24) is 0 Å². The first kappa shape index (κ1) is 7.96. The number of rotatable bonds is 1. The fourth-order valence-electron chi connectivity index (χ4n) is 2.29. The van der Waals surface area contributed by atoms with E-state index in [1.54, 1.807) is 0 Å². The van der Waals surface area contributed by atoms with Crippen molar-refractivity contribution >= 4 is 11.6 Å². The van der Waals surface area contributed by atoms with Gasteiger partial charge in [0.25, 0.3) is 0 Å². The van der Waals surface area contributed by atoms with Gasteiger partial charge in [0.1, 0.15) is 11.6 Å². The van der Waals surface area contributed by atoms with Gasteiger partial charge >= 0.3 is 0 Å². The molecular formula is C10H14O2. The van der Waals surface area contributed by atoms with Gasteiger partial charge in [-0.25, -0.2) is 0 Å². The molecule has 2 rings (SSSR count). The molecule has 66 valence electrons. The summed E-state index contributed by atoms with van der Waals surface area (Å²) in [6.07, 6.45) is 5.55. The molecule has 2 unspecified atom stereocenters. The first-order valence-corrected chi connectivity index (χ1v) is 4.84. The van der Waals surface area contributed by atoms with E-state index in [1.807, 2.05) is 0 Å². The molecule has 0 N–H and O–H groups in total. The van der Waals surface area contributed by atoms with Crippen LogP contribution in [0.4, 0.5) is 0 Å². The van der Waals surface area contributed by atoms with Crippen LogP contribution in [0.25, 0.3) is 0 Å². The highest BCUT2D eigenvalue weighted by atomic mass is 16.1. The summed E-state index contributed by atoms with van der Waals surface area (Å²) in [7, 11) is 0. The molecule has 0 saturated heterocycles. The smallest absolute Gasteiger partial charge is 0.136 e. The maximum Gasteiger partial charge on any atom is 0.136 e. The molecule has 0 aromatic rings. The SMILES string of the molecule is O=C1CCCCC1C1CCC1=O. The molecule has 2 aliphatic rings. The first-order chi connectivity index (χ1) is 5.79. The van der Waals surface area contributed by atoms with Crippen LogP contribution in [0.15, 0.2) is 0 Å². The van der Waals surface area contributed by atoms with Crippen molar-refractivity contribution in [3.63, 3.8) is 0 Å². The van der Waals surface area contributed by atoms with Crippen molar-refractivity contribution in [2.45, 2.75) is 38.5 Å². The standard InChI is InChI=1S/C10H14O2/c11-9-4-2-1-3-7(9)8-5-6-10(8)12/h7-8H,1-6H2. The van der Waals surface area contributed by atoms with E-state index < -0.39 is 0 Å². The molecule has 2 nitrogen and oxygen atoms in total. The van der Waals surface area contributed by atoms with Crippen molar-refractivity contribution in [1.29, 1.82) is 0 Å². The van der Waals surface area contributed by atoms with Crippen LogP contribution >= 0.6 is 0 Å². The predicted octanol–water partition coefficient (Wildman–Crippen LogP) is 1.72. The number of hydrogen-bond acceptors (Lipinski definition) is 2. The van der Waals surface area contributed by atoms with Gasteiger partial charge in [0.2, 0.25) is 0 Å². The molecule has 0 radical (unpaired) electrons. The molecule has 12 heavy (non-hydrogen) atoms. The normalized spacial score (nSPS) is 36.3. The zero-order valence-corrected chi connectivity index (χ0v) is 7.21. The lowest BCUT2D eigenvalue weighted by Crippen LogP contribution is -2.38. The molecule has 2 saturated carbocycles. The Balaban J connectivity index is 2.01. The number of hydrogen-bond donors (Lipinski definition) is 0. The molecule has 2 atom stereocenters. The zero-order chi connectivity index (χ0) is 8.55. The molecule has 2 heteroatoms. The summed E-state index contributed by atoms with van der Waals surface area (Å²) in [5.74, 6) is 0.910. The van der Waals surface area contributed by atoms with E-state index in [2.05, 4.69) is 0 Å². The molecule has 0 heterocycles. The summed E-state index contributed by atoms with van der Waals surface area (Å²) in [5, 5.41) is 0. The molecule has 2 aliphatic carbocycles. The van der Waals surface area contributed by atoms with Gasteiger partial charge < -0.3 is 0 Å². The average Bonchev–Trinajstić information content (AvgIpc) is 2.06. The molecule has 2 fully saturated rings. The van der Waals surface area contributed by atoms with E-state index in [9.17, 15) is 9.59 Å². The van der Waals surface area contributed by atoms with Gasteiger partial charge in [-0.1, -0.05) is 6.42 Å². The Hall–Kier alpha value is -0.660. The topological polar surface area (TPSA) is 34.1 Å². The third-order valence-corrected chi connectivity index (χ3v) is 3.20. The summed E-state index contributed by atoms with van der Waals surface area (Å²) in [4.78, 5) is 22.5.